The highest BCUT2D eigenvalue weighted by atomic mass is 32.2. The van der Waals surface area contributed by atoms with E-state index in [4.69, 9.17) is 0 Å². The lowest BCUT2D eigenvalue weighted by atomic mass is 10.3. The minimum absolute atomic E-state index is 0.208. The smallest absolute Gasteiger partial charge is 0.144 e. The van der Waals surface area contributed by atoms with Crippen LogP contribution in [0.15, 0.2) is 4.40 Å². The molecule has 0 aromatic heterocycles. The number of nitrogens with zero attached hydrogens (tertiary/aromatic N) is 1. The molecule has 0 spiro atoms. The van der Waals surface area contributed by atoms with Crippen molar-refractivity contribution in [1.29, 1.82) is 0 Å². The molecule has 1 aliphatic carbocycles. The molecule has 0 radical (unpaired) electrons. The van der Waals surface area contributed by atoms with Gasteiger partial charge in [0.15, 0.2) is 0 Å². The van der Waals surface area contributed by atoms with Crippen LogP contribution >= 0.6 is 0 Å². The maximum Gasteiger partial charge on any atom is 0.144 e. The summed E-state index contributed by atoms with van der Waals surface area (Å²) in [5.41, 5.74) is 0. The Morgan fingerprint density at radius 1 is 1.50 bits per heavy atom. The van der Waals surface area contributed by atoms with Crippen LogP contribution in [0.5, 0.6) is 0 Å². The van der Waals surface area contributed by atoms with Crippen molar-refractivity contribution in [3.63, 3.8) is 0 Å². The third kappa shape index (κ3) is 3.59. The van der Waals surface area contributed by atoms with E-state index in [1.54, 1.807) is 0 Å². The van der Waals surface area contributed by atoms with Crippen molar-refractivity contribution in [2.24, 2.45) is 10.3 Å². The standard InChI is InChI=1S/C9H17NOS/c1-9(2,3)12(11)10-7-6-8-4-5-8/h7-8H,4-6H2,1-3H3/t12-/m1/s1. The average molecular weight is 187 g/mol. The first-order valence-electron chi connectivity index (χ1n) is 4.44. The van der Waals surface area contributed by atoms with Gasteiger partial charge >= 0.3 is 0 Å². The zero-order chi connectivity index (χ0) is 9.19. The van der Waals surface area contributed by atoms with Gasteiger partial charge < -0.3 is 4.55 Å². The molecule has 3 heteroatoms. The lowest BCUT2D eigenvalue weighted by molar-refractivity contribution is 0.561. The van der Waals surface area contributed by atoms with Gasteiger partial charge in [-0.15, -0.1) is 0 Å². The molecule has 2 nitrogen and oxygen atoms in total. The summed E-state index contributed by atoms with van der Waals surface area (Å²) in [5, 5.41) is 0. The van der Waals surface area contributed by atoms with Crippen molar-refractivity contribution in [2.45, 2.75) is 44.8 Å². The molecule has 1 saturated carbocycles. The molecule has 0 aromatic rings. The van der Waals surface area contributed by atoms with Gasteiger partial charge in [0.25, 0.3) is 0 Å². The van der Waals surface area contributed by atoms with Gasteiger partial charge in [0.2, 0.25) is 0 Å². The minimum Gasteiger partial charge on any atom is -0.591 e. The van der Waals surface area contributed by atoms with Crippen molar-refractivity contribution in [3.8, 4) is 0 Å². The van der Waals surface area contributed by atoms with Gasteiger partial charge in [0.1, 0.15) is 16.1 Å². The van der Waals surface area contributed by atoms with Crippen LogP contribution in [0.25, 0.3) is 0 Å². The van der Waals surface area contributed by atoms with Gasteiger partial charge in [0.05, 0.1) is 6.21 Å². The van der Waals surface area contributed by atoms with Crippen molar-refractivity contribution >= 4 is 17.6 Å². The topological polar surface area (TPSA) is 35.4 Å². The maximum absolute atomic E-state index is 11.4. The highest BCUT2D eigenvalue weighted by molar-refractivity contribution is 7.91. The molecule has 0 amide bonds. The lowest BCUT2D eigenvalue weighted by Gasteiger charge is -2.17. The second kappa shape index (κ2) is 3.79. The fourth-order valence-electron chi connectivity index (χ4n) is 0.771. The molecular weight excluding hydrogens is 170 g/mol. The highest BCUT2D eigenvalue weighted by Gasteiger charge is 2.26. The summed E-state index contributed by atoms with van der Waals surface area (Å²) in [5.74, 6) is 0.839. The summed E-state index contributed by atoms with van der Waals surface area (Å²) in [6, 6.07) is 0. The fourth-order valence-corrected chi connectivity index (χ4v) is 1.31. The van der Waals surface area contributed by atoms with Gasteiger partial charge in [-0.3, -0.25) is 0 Å². The van der Waals surface area contributed by atoms with Crippen LogP contribution in [-0.2, 0) is 11.4 Å². The molecule has 1 rings (SSSR count). The van der Waals surface area contributed by atoms with E-state index < -0.39 is 11.4 Å². The Bertz CT molecular complexity index is 170. The molecular formula is C9H17NOS. The monoisotopic (exact) mass is 187 g/mol. The number of hydrogen-bond acceptors (Lipinski definition) is 2. The van der Waals surface area contributed by atoms with Crippen molar-refractivity contribution < 1.29 is 4.55 Å². The predicted molar refractivity (Wildman–Crippen MR) is 53.7 cm³/mol. The summed E-state index contributed by atoms with van der Waals surface area (Å²) in [6.07, 6.45) is 5.50. The van der Waals surface area contributed by atoms with Crippen LogP contribution in [0.4, 0.5) is 0 Å². The summed E-state index contributed by atoms with van der Waals surface area (Å²) in [7, 11) is 0. The molecule has 0 bridgehead atoms. The molecule has 12 heavy (non-hydrogen) atoms. The van der Waals surface area contributed by atoms with Gasteiger partial charge in [-0.25, -0.2) is 0 Å². The van der Waals surface area contributed by atoms with Gasteiger partial charge in [0, 0.05) is 0 Å². The largest absolute Gasteiger partial charge is 0.591 e. The van der Waals surface area contributed by atoms with Gasteiger partial charge in [-0.1, -0.05) is 4.40 Å². The maximum atomic E-state index is 11.4. The second-order valence-corrected chi connectivity index (χ2v) is 6.26. The Morgan fingerprint density at radius 2 is 2.08 bits per heavy atom. The minimum atomic E-state index is -1.06. The Labute approximate surface area is 77.8 Å². The first kappa shape index (κ1) is 10.1. The lowest BCUT2D eigenvalue weighted by Crippen LogP contribution is -2.25. The summed E-state index contributed by atoms with van der Waals surface area (Å²) in [4.78, 5) is 0. The number of rotatable bonds is 3. The molecule has 1 fully saturated rings. The van der Waals surface area contributed by atoms with Crippen LogP contribution in [0.2, 0.25) is 0 Å². The van der Waals surface area contributed by atoms with E-state index in [1.807, 2.05) is 27.0 Å². The summed E-state index contributed by atoms with van der Waals surface area (Å²) < 4.78 is 15.2. The van der Waals surface area contributed by atoms with E-state index in [9.17, 15) is 4.55 Å². The fraction of sp³-hybridized carbons (Fsp3) is 0.889. The third-order valence-corrected chi connectivity index (χ3v) is 3.22. The Balaban J connectivity index is 2.23. The molecule has 70 valence electrons. The van der Waals surface area contributed by atoms with Gasteiger partial charge in [-0.2, -0.15) is 0 Å². The predicted octanol–water partition coefficient (Wildman–Crippen LogP) is 2.32. The van der Waals surface area contributed by atoms with Crippen molar-refractivity contribution in [2.75, 3.05) is 0 Å². The van der Waals surface area contributed by atoms with E-state index in [0.717, 1.165) is 12.3 Å². The van der Waals surface area contributed by atoms with Crippen LogP contribution in [-0.4, -0.2) is 15.5 Å². The molecule has 1 atom stereocenters. The highest BCUT2D eigenvalue weighted by Crippen LogP contribution is 2.31. The van der Waals surface area contributed by atoms with E-state index >= 15 is 0 Å². The molecule has 1 aliphatic rings. The van der Waals surface area contributed by atoms with Crippen molar-refractivity contribution in [1.82, 2.24) is 0 Å². The second-order valence-electron chi connectivity index (χ2n) is 4.33. The Hall–Kier alpha value is -0.0200. The van der Waals surface area contributed by atoms with E-state index in [0.29, 0.717) is 0 Å². The zero-order valence-corrected chi connectivity index (χ0v) is 8.86. The molecule has 0 heterocycles. The third-order valence-electron chi connectivity index (χ3n) is 1.83. The van der Waals surface area contributed by atoms with E-state index in [2.05, 4.69) is 4.40 Å². The molecule has 0 N–H and O–H groups in total. The van der Waals surface area contributed by atoms with Crippen molar-refractivity contribution in [3.05, 3.63) is 0 Å². The normalized spacial score (nSPS) is 21.7. The van der Waals surface area contributed by atoms with Gasteiger partial charge in [-0.05, 0) is 46.0 Å². The quantitative estimate of drug-likeness (QED) is 0.493. The van der Waals surface area contributed by atoms with Crippen LogP contribution < -0.4 is 0 Å². The Kier molecular flexibility index (Phi) is 3.18. The molecule has 0 saturated heterocycles. The molecule has 0 aliphatic heterocycles. The first-order valence-corrected chi connectivity index (χ1v) is 5.55. The number of hydrogen-bond donors (Lipinski definition) is 0. The van der Waals surface area contributed by atoms with Crippen LogP contribution in [0, 0.1) is 5.92 Å². The molecule has 0 unspecified atom stereocenters. The molecule has 0 aromatic carbocycles. The average Bonchev–Trinajstić information content (AvgIpc) is 2.69. The SMILES string of the molecule is CC(C)(C)[S@@+]([O-])N=CCC1CC1. The van der Waals surface area contributed by atoms with Crippen LogP contribution in [0.1, 0.15) is 40.0 Å². The van der Waals surface area contributed by atoms with Crippen LogP contribution in [0.3, 0.4) is 0 Å². The van der Waals surface area contributed by atoms with E-state index in [-0.39, 0.29) is 4.75 Å². The summed E-state index contributed by atoms with van der Waals surface area (Å²) >= 11 is -1.06. The zero-order valence-electron chi connectivity index (χ0n) is 8.04. The first-order chi connectivity index (χ1) is 5.50. The Morgan fingerprint density at radius 3 is 2.50 bits per heavy atom. The van der Waals surface area contributed by atoms with E-state index in [1.165, 1.54) is 12.8 Å². The summed E-state index contributed by atoms with van der Waals surface area (Å²) in [6.45, 7) is 5.83.